The third-order valence-electron chi connectivity index (χ3n) is 4.08. The van der Waals surface area contributed by atoms with Crippen molar-refractivity contribution >= 4 is 5.69 Å². The lowest BCUT2D eigenvalue weighted by Crippen LogP contribution is -2.34. The minimum atomic E-state index is 0.238. The summed E-state index contributed by atoms with van der Waals surface area (Å²) in [6.45, 7) is 6.44. The molecule has 1 aromatic carbocycles. The molecule has 0 amide bonds. The van der Waals surface area contributed by atoms with Crippen LogP contribution in [0, 0.1) is 5.92 Å². The van der Waals surface area contributed by atoms with Gasteiger partial charge in [0.2, 0.25) is 0 Å². The number of methoxy groups -OCH3 is 1. The molecular formula is C17H28N2O2. The minimum absolute atomic E-state index is 0.238. The van der Waals surface area contributed by atoms with Crippen molar-refractivity contribution in [2.75, 3.05) is 38.3 Å². The number of aliphatic hydroxyl groups is 1. The van der Waals surface area contributed by atoms with Crippen molar-refractivity contribution < 1.29 is 9.84 Å². The number of aliphatic hydroxyl groups excluding tert-OH is 1. The van der Waals surface area contributed by atoms with Gasteiger partial charge in [0.05, 0.1) is 12.8 Å². The van der Waals surface area contributed by atoms with Gasteiger partial charge >= 0.3 is 0 Å². The molecule has 4 nitrogen and oxygen atoms in total. The van der Waals surface area contributed by atoms with E-state index < -0.39 is 0 Å². The molecule has 118 valence electrons. The van der Waals surface area contributed by atoms with Gasteiger partial charge in [-0.05, 0) is 49.4 Å². The van der Waals surface area contributed by atoms with Crippen molar-refractivity contribution in [1.29, 1.82) is 0 Å². The molecule has 1 aliphatic heterocycles. The van der Waals surface area contributed by atoms with Crippen molar-refractivity contribution in [2.45, 2.75) is 32.7 Å². The van der Waals surface area contributed by atoms with E-state index in [1.807, 2.05) is 0 Å². The van der Waals surface area contributed by atoms with E-state index in [0.717, 1.165) is 44.3 Å². The zero-order valence-electron chi connectivity index (χ0n) is 13.3. The summed E-state index contributed by atoms with van der Waals surface area (Å²) in [6, 6.07) is 6.48. The Balaban J connectivity index is 2.02. The standard InChI is InChI=1S/C17H28N2O2/c1-14-5-3-9-19(13-14)16-7-6-15(11-17(16)21-2)12-18-8-4-10-20/h6-7,11,14,18,20H,3-5,8-10,12-13H2,1-2H3. The molecule has 0 radical (unpaired) electrons. The van der Waals surface area contributed by atoms with Crippen LogP contribution in [-0.2, 0) is 6.54 Å². The van der Waals surface area contributed by atoms with Gasteiger partial charge in [0, 0.05) is 26.2 Å². The predicted molar refractivity (Wildman–Crippen MR) is 87.0 cm³/mol. The van der Waals surface area contributed by atoms with E-state index in [0.29, 0.717) is 0 Å². The maximum Gasteiger partial charge on any atom is 0.142 e. The molecule has 1 aliphatic rings. The van der Waals surface area contributed by atoms with Crippen LogP contribution in [0.2, 0.25) is 0 Å². The number of hydrogen-bond acceptors (Lipinski definition) is 4. The zero-order chi connectivity index (χ0) is 15.1. The highest BCUT2D eigenvalue weighted by Crippen LogP contribution is 2.32. The number of rotatable bonds is 7. The number of piperidine rings is 1. The van der Waals surface area contributed by atoms with Crippen molar-refractivity contribution in [3.63, 3.8) is 0 Å². The summed E-state index contributed by atoms with van der Waals surface area (Å²) in [7, 11) is 1.75. The van der Waals surface area contributed by atoms with Gasteiger partial charge in [-0.2, -0.15) is 0 Å². The molecule has 1 aromatic rings. The maximum absolute atomic E-state index is 8.78. The second-order valence-electron chi connectivity index (χ2n) is 5.95. The van der Waals surface area contributed by atoms with Crippen LogP contribution in [0.1, 0.15) is 31.7 Å². The van der Waals surface area contributed by atoms with Crippen LogP contribution >= 0.6 is 0 Å². The third-order valence-corrected chi connectivity index (χ3v) is 4.08. The topological polar surface area (TPSA) is 44.7 Å². The van der Waals surface area contributed by atoms with E-state index >= 15 is 0 Å². The molecule has 0 saturated carbocycles. The fraction of sp³-hybridized carbons (Fsp3) is 0.647. The summed E-state index contributed by atoms with van der Waals surface area (Å²) in [4.78, 5) is 2.44. The highest BCUT2D eigenvalue weighted by molar-refractivity contribution is 5.60. The number of anilines is 1. The fourth-order valence-corrected chi connectivity index (χ4v) is 2.94. The van der Waals surface area contributed by atoms with Crippen LogP contribution in [0.25, 0.3) is 0 Å². The molecule has 1 fully saturated rings. The Labute approximate surface area is 128 Å². The van der Waals surface area contributed by atoms with Crippen LogP contribution in [0.3, 0.4) is 0 Å². The lowest BCUT2D eigenvalue weighted by molar-refractivity contribution is 0.286. The summed E-state index contributed by atoms with van der Waals surface area (Å²) >= 11 is 0. The average molecular weight is 292 g/mol. The Bertz CT molecular complexity index is 437. The molecule has 0 aromatic heterocycles. The summed E-state index contributed by atoms with van der Waals surface area (Å²) < 4.78 is 5.59. The van der Waals surface area contributed by atoms with Crippen molar-refractivity contribution in [2.24, 2.45) is 5.92 Å². The van der Waals surface area contributed by atoms with Gasteiger partial charge in [0.1, 0.15) is 5.75 Å². The smallest absolute Gasteiger partial charge is 0.142 e. The van der Waals surface area contributed by atoms with Crippen molar-refractivity contribution in [3.8, 4) is 5.75 Å². The fourth-order valence-electron chi connectivity index (χ4n) is 2.94. The summed E-state index contributed by atoms with van der Waals surface area (Å²) in [5, 5.41) is 12.1. The second-order valence-corrected chi connectivity index (χ2v) is 5.95. The number of nitrogens with one attached hydrogen (secondary N) is 1. The normalized spacial score (nSPS) is 18.8. The molecule has 2 N–H and O–H groups in total. The number of hydrogen-bond donors (Lipinski definition) is 2. The van der Waals surface area contributed by atoms with Gasteiger partial charge in [-0.25, -0.2) is 0 Å². The molecule has 0 bridgehead atoms. The Morgan fingerprint density at radius 1 is 1.43 bits per heavy atom. The Kier molecular flexibility index (Phi) is 6.33. The van der Waals surface area contributed by atoms with Gasteiger partial charge < -0.3 is 20.1 Å². The molecule has 1 heterocycles. The first kappa shape index (κ1) is 16.1. The molecule has 1 unspecified atom stereocenters. The molecular weight excluding hydrogens is 264 g/mol. The van der Waals surface area contributed by atoms with Crippen LogP contribution in [0.4, 0.5) is 5.69 Å². The predicted octanol–water partition coefficient (Wildman–Crippen LogP) is 2.40. The van der Waals surface area contributed by atoms with Crippen LogP contribution in [-0.4, -0.2) is 38.5 Å². The Morgan fingerprint density at radius 2 is 2.29 bits per heavy atom. The summed E-state index contributed by atoms with van der Waals surface area (Å²) in [6.07, 6.45) is 3.38. The molecule has 1 atom stereocenters. The van der Waals surface area contributed by atoms with Crippen LogP contribution in [0.5, 0.6) is 5.75 Å². The highest BCUT2D eigenvalue weighted by atomic mass is 16.5. The number of benzene rings is 1. The maximum atomic E-state index is 8.78. The molecule has 4 heteroatoms. The van der Waals surface area contributed by atoms with Gasteiger partial charge in [0.25, 0.3) is 0 Å². The number of ether oxygens (including phenoxy) is 1. The highest BCUT2D eigenvalue weighted by Gasteiger charge is 2.19. The van der Waals surface area contributed by atoms with E-state index in [1.165, 1.54) is 24.1 Å². The quantitative estimate of drug-likeness (QED) is 0.758. The van der Waals surface area contributed by atoms with Gasteiger partial charge in [-0.15, -0.1) is 0 Å². The average Bonchev–Trinajstić information content (AvgIpc) is 2.51. The molecule has 0 spiro atoms. The van der Waals surface area contributed by atoms with Crippen LogP contribution < -0.4 is 15.0 Å². The van der Waals surface area contributed by atoms with E-state index in [4.69, 9.17) is 9.84 Å². The SMILES string of the molecule is COc1cc(CNCCCO)ccc1N1CCCC(C)C1. The van der Waals surface area contributed by atoms with Crippen molar-refractivity contribution in [3.05, 3.63) is 23.8 Å². The first-order chi connectivity index (χ1) is 10.2. The zero-order valence-corrected chi connectivity index (χ0v) is 13.3. The lowest BCUT2D eigenvalue weighted by Gasteiger charge is -2.33. The number of nitrogens with zero attached hydrogens (tertiary/aromatic N) is 1. The van der Waals surface area contributed by atoms with E-state index in [9.17, 15) is 0 Å². The molecule has 0 aliphatic carbocycles. The lowest BCUT2D eigenvalue weighted by atomic mass is 9.99. The van der Waals surface area contributed by atoms with Gasteiger partial charge in [-0.3, -0.25) is 0 Å². The third kappa shape index (κ3) is 4.61. The first-order valence-corrected chi connectivity index (χ1v) is 7.98. The second kappa shape index (κ2) is 8.25. The molecule has 2 rings (SSSR count). The van der Waals surface area contributed by atoms with Crippen molar-refractivity contribution in [1.82, 2.24) is 5.32 Å². The largest absolute Gasteiger partial charge is 0.495 e. The summed E-state index contributed by atoms with van der Waals surface area (Å²) in [5.41, 5.74) is 2.43. The molecule has 1 saturated heterocycles. The first-order valence-electron chi connectivity index (χ1n) is 7.98. The molecule has 21 heavy (non-hydrogen) atoms. The Morgan fingerprint density at radius 3 is 3.00 bits per heavy atom. The van der Waals surface area contributed by atoms with Gasteiger partial charge in [-0.1, -0.05) is 13.0 Å². The summed E-state index contributed by atoms with van der Waals surface area (Å²) in [5.74, 6) is 1.72. The van der Waals surface area contributed by atoms with Crippen LogP contribution in [0.15, 0.2) is 18.2 Å². The minimum Gasteiger partial charge on any atom is -0.495 e. The van der Waals surface area contributed by atoms with E-state index in [2.05, 4.69) is 35.3 Å². The van der Waals surface area contributed by atoms with Gasteiger partial charge in [0.15, 0.2) is 0 Å². The van der Waals surface area contributed by atoms with E-state index in [-0.39, 0.29) is 6.61 Å². The van der Waals surface area contributed by atoms with E-state index in [1.54, 1.807) is 7.11 Å². The Hall–Kier alpha value is -1.26. The monoisotopic (exact) mass is 292 g/mol.